The molecule has 0 aliphatic rings. The second kappa shape index (κ2) is 5.84. The van der Waals surface area contributed by atoms with E-state index in [-0.39, 0.29) is 6.04 Å². The highest BCUT2D eigenvalue weighted by Crippen LogP contribution is 2.29. The summed E-state index contributed by atoms with van der Waals surface area (Å²) in [6.45, 7) is 1.33. The quantitative estimate of drug-likeness (QED) is 0.916. The second-order valence-corrected chi connectivity index (χ2v) is 6.01. The maximum atomic E-state index is 5.98. The molecule has 0 aliphatic heterocycles. The first kappa shape index (κ1) is 13.5. The van der Waals surface area contributed by atoms with E-state index in [0.717, 1.165) is 16.7 Å². The van der Waals surface area contributed by atoms with Crippen molar-refractivity contribution in [3.8, 4) is 0 Å². The number of likely N-dealkylation sites (N-methyl/N-ethyl adjacent to an activating group) is 1. The van der Waals surface area contributed by atoms with Crippen molar-refractivity contribution < 1.29 is 0 Å². The Hall–Kier alpha value is -0.880. The molecule has 1 atom stereocenters. The fourth-order valence-electron chi connectivity index (χ4n) is 1.90. The van der Waals surface area contributed by atoms with Crippen molar-refractivity contribution in [3.05, 3.63) is 39.6 Å². The minimum absolute atomic E-state index is 0.180. The highest BCUT2D eigenvalue weighted by molar-refractivity contribution is 7.16. The van der Waals surface area contributed by atoms with Crippen molar-refractivity contribution in [1.29, 1.82) is 0 Å². The fourth-order valence-corrected chi connectivity index (χ4v) is 3.14. The Bertz CT molecular complexity index is 508. The Kier molecular flexibility index (Phi) is 4.40. The van der Waals surface area contributed by atoms with Gasteiger partial charge in [-0.1, -0.05) is 11.6 Å². The third-order valence-electron chi connectivity index (χ3n) is 2.99. The average molecular weight is 285 g/mol. The molecule has 2 rings (SSSR count). The van der Waals surface area contributed by atoms with Gasteiger partial charge in [-0.15, -0.1) is 11.3 Å². The maximum Gasteiger partial charge on any atom is 0.122 e. The molecular formula is C12H17ClN4S. The lowest BCUT2D eigenvalue weighted by Gasteiger charge is -2.25. The van der Waals surface area contributed by atoms with Gasteiger partial charge in [0.25, 0.3) is 0 Å². The largest absolute Gasteiger partial charge is 0.337 e. The molecule has 2 heterocycles. The van der Waals surface area contributed by atoms with Gasteiger partial charge in [0.05, 0.1) is 16.9 Å². The number of hydrogen-bond donors (Lipinski definition) is 1. The maximum absolute atomic E-state index is 5.98. The molecule has 2 aromatic heterocycles. The molecule has 2 aromatic rings. The molecule has 18 heavy (non-hydrogen) atoms. The first-order valence-corrected chi connectivity index (χ1v) is 6.93. The normalized spacial score (nSPS) is 13.2. The van der Waals surface area contributed by atoms with E-state index >= 15 is 0 Å². The van der Waals surface area contributed by atoms with E-state index in [1.165, 1.54) is 4.88 Å². The van der Waals surface area contributed by atoms with Crippen molar-refractivity contribution >= 4 is 22.9 Å². The number of hydrogen-bond acceptors (Lipinski definition) is 4. The van der Waals surface area contributed by atoms with Crippen LogP contribution in [0.4, 0.5) is 0 Å². The van der Waals surface area contributed by atoms with E-state index in [0.29, 0.717) is 6.54 Å². The lowest BCUT2D eigenvalue weighted by molar-refractivity contribution is 0.237. The summed E-state index contributed by atoms with van der Waals surface area (Å²) in [5, 5.41) is 0. The van der Waals surface area contributed by atoms with Crippen molar-refractivity contribution in [1.82, 2.24) is 14.5 Å². The van der Waals surface area contributed by atoms with E-state index in [1.54, 1.807) is 11.3 Å². The summed E-state index contributed by atoms with van der Waals surface area (Å²) in [5.41, 5.74) is 5.88. The number of thiophene rings is 1. The Morgan fingerprint density at radius 2 is 2.33 bits per heavy atom. The molecule has 0 aliphatic carbocycles. The predicted molar refractivity (Wildman–Crippen MR) is 75.8 cm³/mol. The lowest BCUT2D eigenvalue weighted by Crippen LogP contribution is -2.30. The molecule has 0 fully saturated rings. The highest BCUT2D eigenvalue weighted by Gasteiger charge is 2.18. The monoisotopic (exact) mass is 284 g/mol. The summed E-state index contributed by atoms with van der Waals surface area (Å²) < 4.78 is 2.82. The van der Waals surface area contributed by atoms with Gasteiger partial charge in [0.2, 0.25) is 0 Å². The molecule has 98 valence electrons. The number of nitrogens with zero attached hydrogens (tertiary/aromatic N) is 3. The number of halogens is 1. The van der Waals surface area contributed by atoms with Crippen molar-refractivity contribution in [2.75, 3.05) is 13.6 Å². The molecular weight excluding hydrogens is 268 g/mol. The Balaban J connectivity index is 2.11. The standard InChI is InChI=1S/C12H17ClN4S/c1-16-6-5-15-12(16)8-17(2)9(7-14)10-3-4-11(13)18-10/h3-6,9H,7-8,14H2,1-2H3. The van der Waals surface area contributed by atoms with Crippen LogP contribution in [0.3, 0.4) is 0 Å². The second-order valence-electron chi connectivity index (χ2n) is 4.26. The number of nitrogens with two attached hydrogens (primary N) is 1. The van der Waals surface area contributed by atoms with Gasteiger partial charge >= 0.3 is 0 Å². The number of aryl methyl sites for hydroxylation is 1. The van der Waals surface area contributed by atoms with Crippen LogP contribution >= 0.6 is 22.9 Å². The Morgan fingerprint density at radius 1 is 1.56 bits per heavy atom. The molecule has 0 radical (unpaired) electrons. The van der Waals surface area contributed by atoms with Gasteiger partial charge in [-0.2, -0.15) is 0 Å². The number of aromatic nitrogens is 2. The third kappa shape index (κ3) is 2.92. The Labute approximate surface area is 116 Å². The summed E-state index contributed by atoms with van der Waals surface area (Å²) >= 11 is 7.56. The van der Waals surface area contributed by atoms with Crippen LogP contribution in [0.15, 0.2) is 24.5 Å². The molecule has 0 saturated carbocycles. The van der Waals surface area contributed by atoms with Crippen LogP contribution < -0.4 is 5.73 Å². The van der Waals surface area contributed by atoms with Gasteiger partial charge in [-0.05, 0) is 19.2 Å². The van der Waals surface area contributed by atoms with Gasteiger partial charge in [0.1, 0.15) is 5.82 Å². The molecule has 1 unspecified atom stereocenters. The topological polar surface area (TPSA) is 47.1 Å². The molecule has 0 spiro atoms. The van der Waals surface area contributed by atoms with E-state index in [4.69, 9.17) is 17.3 Å². The summed E-state index contributed by atoms with van der Waals surface area (Å²) in [6.07, 6.45) is 3.76. The summed E-state index contributed by atoms with van der Waals surface area (Å²) in [4.78, 5) is 7.72. The Morgan fingerprint density at radius 3 is 2.83 bits per heavy atom. The van der Waals surface area contributed by atoms with E-state index in [9.17, 15) is 0 Å². The van der Waals surface area contributed by atoms with Crippen LogP contribution in [0.5, 0.6) is 0 Å². The van der Waals surface area contributed by atoms with Crippen LogP contribution in [-0.4, -0.2) is 28.0 Å². The van der Waals surface area contributed by atoms with Crippen LogP contribution in [-0.2, 0) is 13.6 Å². The minimum Gasteiger partial charge on any atom is -0.337 e. The lowest BCUT2D eigenvalue weighted by atomic mass is 10.2. The number of imidazole rings is 1. The summed E-state index contributed by atoms with van der Waals surface area (Å²) in [5.74, 6) is 1.03. The van der Waals surface area contributed by atoms with Gasteiger partial charge in [-0.3, -0.25) is 4.90 Å². The molecule has 0 saturated heterocycles. The van der Waals surface area contributed by atoms with Crippen molar-refractivity contribution in [2.24, 2.45) is 12.8 Å². The third-order valence-corrected chi connectivity index (χ3v) is 4.32. The van der Waals surface area contributed by atoms with E-state index < -0.39 is 0 Å². The van der Waals surface area contributed by atoms with E-state index in [1.807, 2.05) is 36.1 Å². The first-order chi connectivity index (χ1) is 8.61. The fraction of sp³-hybridized carbons (Fsp3) is 0.417. The van der Waals surface area contributed by atoms with Crippen LogP contribution in [0.2, 0.25) is 4.34 Å². The summed E-state index contributed by atoms with van der Waals surface area (Å²) in [7, 11) is 4.05. The minimum atomic E-state index is 0.180. The molecule has 6 heteroatoms. The zero-order valence-corrected chi connectivity index (χ0v) is 12.1. The zero-order chi connectivity index (χ0) is 13.1. The average Bonchev–Trinajstić information content (AvgIpc) is 2.91. The van der Waals surface area contributed by atoms with Gasteiger partial charge in [0.15, 0.2) is 0 Å². The molecule has 2 N–H and O–H groups in total. The molecule has 0 amide bonds. The van der Waals surface area contributed by atoms with Crippen molar-refractivity contribution in [3.63, 3.8) is 0 Å². The zero-order valence-electron chi connectivity index (χ0n) is 10.5. The van der Waals surface area contributed by atoms with Crippen LogP contribution in [0.25, 0.3) is 0 Å². The molecule has 0 aromatic carbocycles. The highest BCUT2D eigenvalue weighted by atomic mass is 35.5. The van der Waals surface area contributed by atoms with Crippen LogP contribution in [0, 0.1) is 0 Å². The summed E-state index contributed by atoms with van der Waals surface area (Å²) in [6, 6.07) is 4.14. The van der Waals surface area contributed by atoms with E-state index in [2.05, 4.69) is 16.9 Å². The number of rotatable bonds is 5. The van der Waals surface area contributed by atoms with Gasteiger partial charge < -0.3 is 10.3 Å². The SMILES string of the molecule is CN(Cc1nccn1C)C(CN)c1ccc(Cl)s1. The first-order valence-electron chi connectivity index (χ1n) is 5.73. The molecule has 0 bridgehead atoms. The van der Waals surface area contributed by atoms with Gasteiger partial charge in [0, 0.05) is 30.9 Å². The molecule has 4 nitrogen and oxygen atoms in total. The predicted octanol–water partition coefficient (Wildman–Crippen LogP) is 2.27. The smallest absolute Gasteiger partial charge is 0.122 e. The van der Waals surface area contributed by atoms with Crippen LogP contribution in [0.1, 0.15) is 16.7 Å². The van der Waals surface area contributed by atoms with Crippen molar-refractivity contribution in [2.45, 2.75) is 12.6 Å². The van der Waals surface area contributed by atoms with Gasteiger partial charge in [-0.25, -0.2) is 4.98 Å².